The van der Waals surface area contributed by atoms with Gasteiger partial charge in [-0.2, -0.15) is 0 Å². The van der Waals surface area contributed by atoms with Crippen molar-refractivity contribution in [1.82, 2.24) is 5.32 Å². The largest absolute Gasteiger partial charge is 0.491 e. The van der Waals surface area contributed by atoms with Gasteiger partial charge in [-0.05, 0) is 60.0 Å². The lowest BCUT2D eigenvalue weighted by molar-refractivity contribution is 0.0947. The van der Waals surface area contributed by atoms with Crippen LogP contribution in [0.15, 0.2) is 95.9 Å². The summed E-state index contributed by atoms with van der Waals surface area (Å²) in [6.07, 6.45) is 0. The van der Waals surface area contributed by atoms with Crippen molar-refractivity contribution in [2.45, 2.75) is 4.90 Å². The van der Waals surface area contributed by atoms with Gasteiger partial charge in [0.1, 0.15) is 12.4 Å². The van der Waals surface area contributed by atoms with Gasteiger partial charge in [-0.3, -0.25) is 9.10 Å². The highest BCUT2D eigenvalue weighted by Crippen LogP contribution is 2.25. The van der Waals surface area contributed by atoms with E-state index in [1.165, 1.54) is 31.3 Å². The summed E-state index contributed by atoms with van der Waals surface area (Å²) >= 11 is 5.85. The van der Waals surface area contributed by atoms with Crippen LogP contribution in [0.1, 0.15) is 10.4 Å². The number of halogens is 1. The monoisotopic (exact) mass is 494 g/mol. The first-order valence-electron chi connectivity index (χ1n) is 10.6. The zero-order chi connectivity index (χ0) is 24.1. The number of nitrogens with zero attached hydrogens (tertiary/aromatic N) is 1. The summed E-state index contributed by atoms with van der Waals surface area (Å²) in [5, 5.41) is 5.39. The molecule has 0 atom stereocenters. The molecule has 4 aromatic rings. The first-order chi connectivity index (χ1) is 16.4. The van der Waals surface area contributed by atoms with Crippen LogP contribution in [0.2, 0.25) is 5.02 Å². The fourth-order valence-corrected chi connectivity index (χ4v) is 4.80. The number of hydrogen-bond donors (Lipinski definition) is 1. The van der Waals surface area contributed by atoms with Crippen LogP contribution >= 0.6 is 11.6 Å². The SMILES string of the molecule is CN(c1ccc(C(=O)NCCOc2cccc3ccccc23)cc1)S(=O)(=O)c1ccc(Cl)cc1. The summed E-state index contributed by atoms with van der Waals surface area (Å²) in [6.45, 7) is 0.647. The quantitative estimate of drug-likeness (QED) is 0.345. The molecule has 0 saturated carbocycles. The lowest BCUT2D eigenvalue weighted by Crippen LogP contribution is -2.28. The van der Waals surface area contributed by atoms with Gasteiger partial charge < -0.3 is 10.1 Å². The van der Waals surface area contributed by atoms with Gasteiger partial charge in [0.25, 0.3) is 15.9 Å². The zero-order valence-corrected chi connectivity index (χ0v) is 20.0. The van der Waals surface area contributed by atoms with E-state index in [4.69, 9.17) is 16.3 Å². The van der Waals surface area contributed by atoms with Gasteiger partial charge in [-0.1, -0.05) is 48.0 Å². The number of ether oxygens (including phenoxy) is 1. The second kappa shape index (κ2) is 10.2. The number of rotatable bonds is 8. The fourth-order valence-electron chi connectivity index (χ4n) is 3.48. The maximum atomic E-state index is 12.8. The number of nitrogens with one attached hydrogen (secondary N) is 1. The lowest BCUT2D eigenvalue weighted by atomic mass is 10.1. The number of fused-ring (bicyclic) bond motifs is 1. The smallest absolute Gasteiger partial charge is 0.264 e. The third kappa shape index (κ3) is 5.16. The molecule has 0 aliphatic carbocycles. The van der Waals surface area contributed by atoms with Crippen LogP contribution in [0.3, 0.4) is 0 Å². The van der Waals surface area contributed by atoms with Crippen molar-refractivity contribution in [3.05, 3.63) is 102 Å². The minimum Gasteiger partial charge on any atom is -0.491 e. The van der Waals surface area contributed by atoms with Gasteiger partial charge in [0, 0.05) is 23.0 Å². The van der Waals surface area contributed by atoms with Crippen molar-refractivity contribution in [3.8, 4) is 5.75 Å². The van der Waals surface area contributed by atoms with Gasteiger partial charge in [-0.15, -0.1) is 0 Å². The molecule has 0 fully saturated rings. The molecule has 0 aromatic heterocycles. The predicted molar refractivity (Wildman–Crippen MR) is 135 cm³/mol. The van der Waals surface area contributed by atoms with E-state index in [1.807, 2.05) is 42.5 Å². The first kappa shape index (κ1) is 23.6. The number of carbonyl (C=O) groups excluding carboxylic acids is 1. The molecule has 4 rings (SSSR count). The molecule has 4 aromatic carbocycles. The number of carbonyl (C=O) groups is 1. The van der Waals surface area contributed by atoms with Crippen LogP contribution in [-0.4, -0.2) is 34.5 Å². The van der Waals surface area contributed by atoms with E-state index in [1.54, 1.807) is 24.3 Å². The Morgan fingerprint density at radius 2 is 1.59 bits per heavy atom. The first-order valence-corrected chi connectivity index (χ1v) is 12.4. The summed E-state index contributed by atoms with van der Waals surface area (Å²) in [5.74, 6) is 0.498. The summed E-state index contributed by atoms with van der Waals surface area (Å²) in [4.78, 5) is 12.6. The van der Waals surface area contributed by atoms with Crippen LogP contribution in [0.5, 0.6) is 5.75 Å². The number of amides is 1. The van der Waals surface area contributed by atoms with Crippen LogP contribution < -0.4 is 14.4 Å². The molecule has 0 aliphatic rings. The Bertz CT molecular complexity index is 1400. The van der Waals surface area contributed by atoms with E-state index < -0.39 is 10.0 Å². The Kier molecular flexibility index (Phi) is 7.05. The third-order valence-electron chi connectivity index (χ3n) is 5.36. The number of hydrogen-bond acceptors (Lipinski definition) is 4. The van der Waals surface area contributed by atoms with Crippen LogP contribution in [0.4, 0.5) is 5.69 Å². The zero-order valence-electron chi connectivity index (χ0n) is 18.4. The normalized spacial score (nSPS) is 11.2. The molecule has 1 N–H and O–H groups in total. The Labute approximate surface area is 203 Å². The van der Waals surface area contributed by atoms with E-state index in [0.29, 0.717) is 29.4 Å². The van der Waals surface area contributed by atoms with Crippen molar-refractivity contribution >= 4 is 44.0 Å². The number of benzene rings is 4. The average molecular weight is 495 g/mol. The Morgan fingerprint density at radius 1 is 0.912 bits per heavy atom. The Morgan fingerprint density at radius 3 is 2.32 bits per heavy atom. The molecule has 34 heavy (non-hydrogen) atoms. The highest BCUT2D eigenvalue weighted by molar-refractivity contribution is 7.92. The Hall–Kier alpha value is -3.55. The van der Waals surface area contributed by atoms with Gasteiger partial charge >= 0.3 is 0 Å². The average Bonchev–Trinajstić information content (AvgIpc) is 2.86. The van der Waals surface area contributed by atoms with E-state index in [0.717, 1.165) is 20.8 Å². The fraction of sp³-hybridized carbons (Fsp3) is 0.115. The molecule has 0 spiro atoms. The van der Waals surface area contributed by atoms with E-state index in [-0.39, 0.29) is 10.8 Å². The molecule has 0 radical (unpaired) electrons. The molecular formula is C26H23ClN2O4S. The van der Waals surface area contributed by atoms with E-state index in [2.05, 4.69) is 5.32 Å². The van der Waals surface area contributed by atoms with E-state index >= 15 is 0 Å². The molecule has 174 valence electrons. The lowest BCUT2D eigenvalue weighted by Gasteiger charge is -2.20. The van der Waals surface area contributed by atoms with Crippen molar-refractivity contribution < 1.29 is 17.9 Å². The van der Waals surface area contributed by atoms with Crippen LogP contribution in [-0.2, 0) is 10.0 Å². The standard InChI is InChI=1S/C26H23ClN2O4S/c1-29(34(31,32)23-15-11-21(27)12-16-23)22-13-9-20(10-14-22)26(30)28-17-18-33-25-8-4-6-19-5-2-3-7-24(19)25/h2-16H,17-18H2,1H3,(H,28,30). The number of anilines is 1. The van der Waals surface area contributed by atoms with E-state index in [9.17, 15) is 13.2 Å². The minimum absolute atomic E-state index is 0.132. The van der Waals surface area contributed by atoms with Crippen LogP contribution in [0, 0.1) is 0 Å². The predicted octanol–water partition coefficient (Wildman–Crippen LogP) is 5.13. The summed E-state index contributed by atoms with van der Waals surface area (Å²) < 4.78 is 32.7. The maximum absolute atomic E-state index is 12.8. The minimum atomic E-state index is -3.74. The summed E-state index contributed by atoms with van der Waals surface area (Å²) in [7, 11) is -2.28. The second-order valence-electron chi connectivity index (χ2n) is 7.55. The van der Waals surface area contributed by atoms with Gasteiger partial charge in [0.05, 0.1) is 17.1 Å². The van der Waals surface area contributed by atoms with Crippen molar-refractivity contribution in [2.75, 3.05) is 24.5 Å². The van der Waals surface area contributed by atoms with Gasteiger partial charge in [-0.25, -0.2) is 8.42 Å². The van der Waals surface area contributed by atoms with Gasteiger partial charge in [0.2, 0.25) is 0 Å². The van der Waals surface area contributed by atoms with Crippen molar-refractivity contribution in [1.29, 1.82) is 0 Å². The molecule has 0 heterocycles. The molecule has 1 amide bonds. The molecule has 0 saturated heterocycles. The second-order valence-corrected chi connectivity index (χ2v) is 9.96. The van der Waals surface area contributed by atoms with Crippen molar-refractivity contribution in [3.63, 3.8) is 0 Å². The highest BCUT2D eigenvalue weighted by atomic mass is 35.5. The summed E-state index contributed by atoms with van der Waals surface area (Å²) in [5.41, 5.74) is 0.858. The highest BCUT2D eigenvalue weighted by Gasteiger charge is 2.21. The third-order valence-corrected chi connectivity index (χ3v) is 7.41. The topological polar surface area (TPSA) is 75.7 Å². The molecular weight excluding hydrogens is 472 g/mol. The van der Waals surface area contributed by atoms with Crippen LogP contribution in [0.25, 0.3) is 10.8 Å². The Balaban J connectivity index is 1.34. The molecule has 0 unspecified atom stereocenters. The molecule has 0 bridgehead atoms. The number of sulfonamides is 1. The molecule has 8 heteroatoms. The molecule has 6 nitrogen and oxygen atoms in total. The summed E-state index contributed by atoms with van der Waals surface area (Å²) in [6, 6.07) is 26.1. The molecule has 0 aliphatic heterocycles. The van der Waals surface area contributed by atoms with Crippen molar-refractivity contribution in [2.24, 2.45) is 0 Å². The van der Waals surface area contributed by atoms with Gasteiger partial charge in [0.15, 0.2) is 0 Å². The maximum Gasteiger partial charge on any atom is 0.264 e.